The molecule has 1 amide bonds. The number of carbonyl (C=O) groups excluding carboxylic acids is 1. The molecule has 4 aromatic rings. The summed E-state index contributed by atoms with van der Waals surface area (Å²) in [7, 11) is 0. The molecular formula is C22H17ClF5N9O. The van der Waals surface area contributed by atoms with Crippen LogP contribution in [0.1, 0.15) is 30.3 Å². The highest BCUT2D eigenvalue weighted by atomic mass is 35.5. The minimum absolute atomic E-state index is 0.00644. The van der Waals surface area contributed by atoms with Crippen LogP contribution >= 0.6 is 11.6 Å². The van der Waals surface area contributed by atoms with Crippen molar-refractivity contribution in [3.63, 3.8) is 0 Å². The Kier molecular flexibility index (Phi) is 5.67. The van der Waals surface area contributed by atoms with Gasteiger partial charge in [-0.1, -0.05) is 11.6 Å². The number of nitrogens with zero attached hydrogens (tertiary/aromatic N) is 6. The maximum Gasteiger partial charge on any atom is 0.453 e. The SMILES string of the molecule is CC1(c2ccc(Cl)cn2)C(=O)Nc2nc(-c3cn4c(N)cnc4c(CCC(F)(F)C(F)(F)F)n3)nc(N)c21. The number of aryl methyl sites for hydroxylation is 1. The zero-order chi connectivity index (χ0) is 27.6. The zero-order valence-corrected chi connectivity index (χ0v) is 20.1. The third kappa shape index (κ3) is 3.93. The summed E-state index contributed by atoms with van der Waals surface area (Å²) in [6, 6.07) is 3.12. The largest absolute Gasteiger partial charge is 0.453 e. The molecule has 0 aliphatic carbocycles. The number of carbonyl (C=O) groups is 1. The molecule has 5 heterocycles. The third-order valence-corrected chi connectivity index (χ3v) is 6.50. The van der Waals surface area contributed by atoms with Crippen LogP contribution in [0.2, 0.25) is 5.02 Å². The Morgan fingerprint density at radius 3 is 2.47 bits per heavy atom. The normalized spacial score (nSPS) is 17.6. The predicted octanol–water partition coefficient (Wildman–Crippen LogP) is 3.79. The highest BCUT2D eigenvalue weighted by molar-refractivity contribution is 6.30. The molecule has 1 aliphatic rings. The maximum atomic E-state index is 13.6. The fourth-order valence-electron chi connectivity index (χ4n) is 4.20. The van der Waals surface area contributed by atoms with Crippen molar-refractivity contribution in [1.29, 1.82) is 0 Å². The highest BCUT2D eigenvalue weighted by Gasteiger charge is 2.56. The quantitative estimate of drug-likeness (QED) is 0.316. The first-order chi connectivity index (χ1) is 17.7. The number of rotatable bonds is 5. The molecule has 1 aliphatic heterocycles. The number of imidazole rings is 1. The van der Waals surface area contributed by atoms with Gasteiger partial charge >= 0.3 is 12.1 Å². The molecule has 0 fully saturated rings. The molecule has 1 atom stereocenters. The molecule has 0 saturated heterocycles. The monoisotopic (exact) mass is 553 g/mol. The molecule has 198 valence electrons. The van der Waals surface area contributed by atoms with Gasteiger partial charge in [-0.25, -0.2) is 19.9 Å². The van der Waals surface area contributed by atoms with Gasteiger partial charge in [0.15, 0.2) is 11.5 Å². The van der Waals surface area contributed by atoms with E-state index in [1.165, 1.54) is 23.0 Å². The molecule has 10 nitrogen and oxygen atoms in total. The first-order valence-corrected chi connectivity index (χ1v) is 11.3. The summed E-state index contributed by atoms with van der Waals surface area (Å²) in [4.78, 5) is 34.0. The van der Waals surface area contributed by atoms with Gasteiger partial charge in [0.05, 0.1) is 28.2 Å². The Morgan fingerprint density at radius 2 is 1.82 bits per heavy atom. The molecule has 0 bridgehead atoms. The van der Waals surface area contributed by atoms with Crippen LogP contribution in [0.3, 0.4) is 0 Å². The number of hydrogen-bond donors (Lipinski definition) is 3. The molecule has 0 saturated carbocycles. The Balaban J connectivity index is 1.59. The summed E-state index contributed by atoms with van der Waals surface area (Å²) in [6.07, 6.45) is -4.16. The second-order valence-corrected chi connectivity index (χ2v) is 9.18. The van der Waals surface area contributed by atoms with Gasteiger partial charge in [0.2, 0.25) is 5.91 Å². The number of fused-ring (bicyclic) bond motifs is 2. The predicted molar refractivity (Wildman–Crippen MR) is 126 cm³/mol. The Morgan fingerprint density at radius 1 is 1.08 bits per heavy atom. The number of aromatic nitrogens is 6. The average Bonchev–Trinajstić information content (AvgIpc) is 3.34. The van der Waals surface area contributed by atoms with Gasteiger partial charge in [0.1, 0.15) is 28.6 Å². The molecule has 0 aromatic carbocycles. The molecule has 0 spiro atoms. The fraction of sp³-hybridized carbons (Fsp3) is 0.273. The van der Waals surface area contributed by atoms with E-state index in [0.717, 1.165) is 0 Å². The Labute approximate surface area is 215 Å². The minimum atomic E-state index is -5.73. The third-order valence-electron chi connectivity index (χ3n) is 6.27. The summed E-state index contributed by atoms with van der Waals surface area (Å²) in [5, 5.41) is 2.99. The number of hydrogen-bond acceptors (Lipinski definition) is 8. The maximum absolute atomic E-state index is 13.6. The van der Waals surface area contributed by atoms with Gasteiger partial charge in [0.25, 0.3) is 0 Å². The zero-order valence-electron chi connectivity index (χ0n) is 19.3. The number of pyridine rings is 1. The molecule has 0 radical (unpaired) electrons. The van der Waals surface area contributed by atoms with E-state index < -0.39 is 36.3 Å². The van der Waals surface area contributed by atoms with Gasteiger partial charge in [-0.15, -0.1) is 0 Å². The van der Waals surface area contributed by atoms with Crippen molar-refractivity contribution in [2.75, 3.05) is 16.8 Å². The van der Waals surface area contributed by atoms with E-state index in [0.29, 0.717) is 10.7 Å². The van der Waals surface area contributed by atoms with Gasteiger partial charge in [-0.2, -0.15) is 22.0 Å². The first kappa shape index (κ1) is 25.5. The van der Waals surface area contributed by atoms with Crippen LogP contribution in [0.15, 0.2) is 30.7 Å². The van der Waals surface area contributed by atoms with Gasteiger partial charge in [-0.3, -0.25) is 14.2 Å². The summed E-state index contributed by atoms with van der Waals surface area (Å²) >= 11 is 5.91. The van der Waals surface area contributed by atoms with Crippen molar-refractivity contribution >= 4 is 40.6 Å². The lowest BCUT2D eigenvalue weighted by Gasteiger charge is -2.22. The topological polar surface area (TPSA) is 150 Å². The van der Waals surface area contributed by atoms with Crippen LogP contribution in [0.4, 0.5) is 39.4 Å². The number of alkyl halides is 5. The standard InChI is InChI=1S/C22H17ClF5N9O/c1-20(12-3-2-9(23)6-31-12)14-15(30)34-16(35-17(14)36-19(20)38)11-8-37-13(29)7-32-18(37)10(33-11)4-5-21(24,25)22(26,27)28/h2-3,6-8H,4-5,29H2,1H3,(H3,30,34,35,36,38). The second kappa shape index (κ2) is 8.44. The average molecular weight is 554 g/mol. The molecule has 38 heavy (non-hydrogen) atoms. The van der Waals surface area contributed by atoms with Crippen LogP contribution in [0.5, 0.6) is 0 Å². The van der Waals surface area contributed by atoms with Gasteiger partial charge in [-0.05, 0) is 25.5 Å². The van der Waals surface area contributed by atoms with Crippen molar-refractivity contribution in [2.24, 2.45) is 0 Å². The number of halogens is 6. The Hall–Kier alpha value is -4.14. The molecule has 5 rings (SSSR count). The molecule has 1 unspecified atom stereocenters. The number of nitrogens with one attached hydrogen (secondary N) is 1. The summed E-state index contributed by atoms with van der Waals surface area (Å²) in [5.74, 6) is -5.54. The van der Waals surface area contributed by atoms with Crippen molar-refractivity contribution in [3.8, 4) is 11.5 Å². The second-order valence-electron chi connectivity index (χ2n) is 8.75. The lowest BCUT2D eigenvalue weighted by atomic mass is 9.81. The van der Waals surface area contributed by atoms with E-state index in [-0.39, 0.29) is 45.9 Å². The van der Waals surface area contributed by atoms with Crippen LogP contribution in [0.25, 0.3) is 17.2 Å². The number of nitrogens with two attached hydrogens (primary N) is 2. The van der Waals surface area contributed by atoms with E-state index in [4.69, 9.17) is 23.1 Å². The smallest absolute Gasteiger partial charge is 0.383 e. The lowest BCUT2D eigenvalue weighted by Crippen LogP contribution is -2.36. The number of amides is 1. The summed E-state index contributed by atoms with van der Waals surface area (Å²) in [6.45, 7) is 1.58. The van der Waals surface area contributed by atoms with Crippen LogP contribution in [0, 0.1) is 0 Å². The highest BCUT2D eigenvalue weighted by Crippen LogP contribution is 2.44. The fourth-order valence-corrected chi connectivity index (χ4v) is 4.31. The van der Waals surface area contributed by atoms with Crippen molar-refractivity contribution < 1.29 is 26.7 Å². The van der Waals surface area contributed by atoms with Gasteiger partial charge in [0, 0.05) is 18.8 Å². The van der Waals surface area contributed by atoms with E-state index in [1.54, 1.807) is 19.1 Å². The van der Waals surface area contributed by atoms with Crippen LogP contribution < -0.4 is 16.8 Å². The summed E-state index contributed by atoms with van der Waals surface area (Å²) in [5.41, 5.74) is 11.1. The van der Waals surface area contributed by atoms with Crippen molar-refractivity contribution in [3.05, 3.63) is 52.7 Å². The number of nitrogen functional groups attached to an aromatic ring is 2. The van der Waals surface area contributed by atoms with Crippen LogP contribution in [-0.2, 0) is 16.6 Å². The van der Waals surface area contributed by atoms with E-state index in [9.17, 15) is 26.7 Å². The first-order valence-electron chi connectivity index (χ1n) is 10.9. The molecule has 4 aromatic heterocycles. The Bertz CT molecular complexity index is 1590. The molecule has 16 heteroatoms. The summed E-state index contributed by atoms with van der Waals surface area (Å²) < 4.78 is 66.7. The minimum Gasteiger partial charge on any atom is -0.383 e. The lowest BCUT2D eigenvalue weighted by molar-refractivity contribution is -0.284. The molecule has 5 N–H and O–H groups in total. The van der Waals surface area contributed by atoms with Gasteiger partial charge < -0.3 is 16.8 Å². The number of anilines is 3. The van der Waals surface area contributed by atoms with E-state index in [2.05, 4.69) is 30.2 Å². The van der Waals surface area contributed by atoms with Crippen LogP contribution in [-0.4, -0.2) is 47.3 Å². The molecular weight excluding hydrogens is 537 g/mol. The van der Waals surface area contributed by atoms with E-state index in [1.807, 2.05) is 0 Å². The van der Waals surface area contributed by atoms with Crippen molar-refractivity contribution in [1.82, 2.24) is 29.3 Å². The van der Waals surface area contributed by atoms with E-state index >= 15 is 0 Å². The van der Waals surface area contributed by atoms with Crippen molar-refractivity contribution in [2.45, 2.75) is 37.3 Å².